The van der Waals surface area contributed by atoms with Gasteiger partial charge in [-0.3, -0.25) is 4.79 Å². The maximum Gasteiger partial charge on any atom is 0.373 e. The zero-order valence-electron chi connectivity index (χ0n) is 70.1. The number of benzene rings is 12. The maximum atomic E-state index is 12.8. The van der Waals surface area contributed by atoms with E-state index in [-0.39, 0.29) is 55.6 Å². The summed E-state index contributed by atoms with van der Waals surface area (Å²) >= 11 is 11.8. The monoisotopic (exact) mass is 1830 g/mol. The number of carbonyl (C=O) groups excluding carboxylic acids is 7. The van der Waals surface area contributed by atoms with Crippen molar-refractivity contribution in [2.24, 2.45) is 0 Å². The summed E-state index contributed by atoms with van der Waals surface area (Å²) in [5, 5.41) is 5.17. The van der Waals surface area contributed by atoms with Crippen LogP contribution in [0.5, 0.6) is 34.5 Å². The minimum absolute atomic E-state index is 0.149. The fourth-order valence-corrected chi connectivity index (χ4v) is 22.5. The number of alkyl halides is 10. The third-order valence-electron chi connectivity index (χ3n) is 18.5. The molecule has 12 aromatic rings. The van der Waals surface area contributed by atoms with E-state index in [1.807, 2.05) is 137 Å². The third kappa shape index (κ3) is 33.3. The standard InChI is InChI=1S/C27H27F3O2S.C25H22ClP.C25H23F3O2S.C20H21F3O3S.3CO2/c1-3-15-31-26-14-13-25(16-20(26)2)33-19-22(17-21-7-5-4-6-8-21)18-32-24-11-9-23(10-12-24)27(28,29)30;26-21-27(22-13-5-1-6-14-22,23-15-7-2-8-16-23,24-17-9-3-10-18-24)25-19-11-4-12-20-25;1-18-14-23(12-13-24(18)29-2)31-17-20(15-19-6-4-3-5-7-19)16-30-22-10-8-21(9-11-22)25(26,27)28;1-3-10-25-19-9-8-18(11-14(19)2)27-13-16(24)12-26-17-6-4-15(5-7-17)20(21,22)23;3*2-1-3/h4-14,16-17H,3,15,18-19H2,1-2H3;1-20H,21H2;3-15H,16-17H2,1-2H3;4-9,11H,3,10,12-13H2,1-2H3;;;. The van der Waals surface area contributed by atoms with Gasteiger partial charge in [-0.2, -0.15) is 68.3 Å². The van der Waals surface area contributed by atoms with Crippen molar-refractivity contribution in [1.82, 2.24) is 0 Å². The van der Waals surface area contributed by atoms with Crippen molar-refractivity contribution in [3.63, 3.8) is 0 Å². The minimum Gasteiger partial charge on any atom is -0.186 e. The number of halogens is 10. The Morgan fingerprint density at radius 1 is 0.354 bits per heavy atom. The van der Waals surface area contributed by atoms with E-state index in [9.17, 15) is 44.3 Å². The van der Waals surface area contributed by atoms with Crippen LogP contribution in [0.25, 0.3) is 12.2 Å². The molecule has 27 heteroatoms. The van der Waals surface area contributed by atoms with Crippen LogP contribution in [-0.4, -0.2) is 87.3 Å². The average molecular weight is 1840 g/mol. The van der Waals surface area contributed by atoms with Crippen LogP contribution in [0.2, 0.25) is 0 Å². The van der Waals surface area contributed by atoms with Crippen molar-refractivity contribution in [2.45, 2.75) is 80.7 Å². The number of hydrogen-bond donors (Lipinski definition) is 0. The van der Waals surface area contributed by atoms with Crippen LogP contribution in [0, 0.1) is 20.8 Å². The molecule has 0 amide bonds. The summed E-state index contributed by atoms with van der Waals surface area (Å²) in [6.45, 7) is 8.75. The molecule has 0 aliphatic carbocycles. The number of rotatable bonds is 32. The first kappa shape index (κ1) is 104. The van der Waals surface area contributed by atoms with Crippen LogP contribution in [0.1, 0.15) is 71.2 Å². The summed E-state index contributed by atoms with van der Waals surface area (Å²) in [6.07, 6.45) is -6.35. The molecule has 0 unspecified atom stereocenters. The molecular formula is C100H93ClF9O13PS3. The SMILES string of the molecule is CCCOc1ccc(SCC(=Cc2ccccc2)COc2ccc(C(F)(F)F)cc2)cc1C.CCCOc1ccc(SCC(=O)COc2ccc(C(F)(F)F)cc2)cc1C.COc1ccc(SCC(=Cc2ccccc2)COc2ccc(C(F)(F)F)cc2)cc1C.ClCP(c1ccccc1)(c1ccccc1)(c1ccccc1)c1ccccc1.O=C=O.O=C=O.O=C=O. The van der Waals surface area contributed by atoms with Crippen LogP contribution >= 0.6 is 53.5 Å². The maximum absolute atomic E-state index is 12.8. The number of methoxy groups -OCH3 is 1. The zero-order valence-corrected chi connectivity index (χ0v) is 74.2. The van der Waals surface area contributed by atoms with Crippen LogP contribution in [-0.2, 0) is 52.1 Å². The van der Waals surface area contributed by atoms with E-state index in [0.717, 1.165) is 120 Å². The molecule has 0 N–H and O–H groups in total. The van der Waals surface area contributed by atoms with E-state index in [0.29, 0.717) is 41.8 Å². The number of carbonyl (C=O) groups is 1. The van der Waals surface area contributed by atoms with Crippen LogP contribution in [0.4, 0.5) is 39.5 Å². The van der Waals surface area contributed by atoms with Gasteiger partial charge in [0, 0.05) is 26.2 Å². The van der Waals surface area contributed by atoms with Gasteiger partial charge in [0.25, 0.3) is 0 Å². The Labute approximate surface area is 751 Å². The van der Waals surface area contributed by atoms with Crippen molar-refractivity contribution in [2.75, 3.05) is 63.0 Å². The number of ether oxygens (including phenoxy) is 6. The van der Waals surface area contributed by atoms with E-state index in [4.69, 9.17) is 68.8 Å². The van der Waals surface area contributed by atoms with Crippen molar-refractivity contribution in [1.29, 1.82) is 0 Å². The van der Waals surface area contributed by atoms with Gasteiger partial charge in [-0.1, -0.05) is 86.7 Å². The second kappa shape index (κ2) is 54.0. The van der Waals surface area contributed by atoms with E-state index >= 15 is 0 Å². The Kier molecular flexibility index (Phi) is 44.1. The topological polar surface area (TPSA) is 175 Å². The fraction of sp³-hybridized carbons (Fsp3) is 0.200. The Bertz CT molecular complexity index is 5260. The van der Waals surface area contributed by atoms with E-state index in [2.05, 4.69) is 146 Å². The molecule has 0 aromatic heterocycles. The fourth-order valence-electron chi connectivity index (χ4n) is 12.4. The molecule has 0 saturated carbocycles. The molecule has 12 aromatic carbocycles. The zero-order chi connectivity index (χ0) is 92.5. The molecule has 12 rings (SSSR count). The summed E-state index contributed by atoms with van der Waals surface area (Å²) in [5.74, 6) is 5.04. The molecule has 0 saturated heterocycles. The molecule has 0 aliphatic rings. The van der Waals surface area contributed by atoms with Gasteiger partial charge in [0.05, 0.1) is 42.8 Å². The molecular weight excluding hydrogens is 1740 g/mol. The largest absolute Gasteiger partial charge is 0.373 e. The van der Waals surface area contributed by atoms with Crippen molar-refractivity contribution in [3.05, 3.63) is 365 Å². The first-order valence-electron chi connectivity index (χ1n) is 39.2. The number of thioether (sulfide) groups is 3. The second-order valence-corrected chi connectivity index (χ2v) is 36.2. The quantitative estimate of drug-likeness (QED) is 0.0168. The minimum atomic E-state index is -4.39. The first-order chi connectivity index (χ1) is 61.0. The second-order valence-electron chi connectivity index (χ2n) is 27.5. The summed E-state index contributed by atoms with van der Waals surface area (Å²) in [7, 11) is 1.65. The number of hydrogen-bond acceptors (Lipinski definition) is 16. The van der Waals surface area contributed by atoms with Crippen LogP contribution in [0.15, 0.2) is 335 Å². The molecule has 664 valence electrons. The van der Waals surface area contributed by atoms with Gasteiger partial charge in [0.2, 0.25) is 0 Å². The molecule has 127 heavy (non-hydrogen) atoms. The summed E-state index contributed by atoms with van der Waals surface area (Å²) < 4.78 is 148. The molecule has 0 fully saturated rings. The molecule has 0 heterocycles. The van der Waals surface area contributed by atoms with Gasteiger partial charge in [0.15, 0.2) is 5.78 Å². The van der Waals surface area contributed by atoms with Crippen LogP contribution in [0.3, 0.4) is 0 Å². The molecule has 0 radical (unpaired) electrons. The van der Waals surface area contributed by atoms with Gasteiger partial charge in [-0.15, -0.1) is 35.3 Å². The van der Waals surface area contributed by atoms with Crippen LogP contribution < -0.4 is 49.6 Å². The van der Waals surface area contributed by atoms with E-state index in [1.165, 1.54) is 69.4 Å². The molecule has 0 spiro atoms. The Balaban J connectivity index is 0.000000254. The van der Waals surface area contributed by atoms with Gasteiger partial charge in [0.1, 0.15) is 54.3 Å². The third-order valence-corrected chi connectivity index (χ3v) is 29.4. The number of aryl methyl sites for hydroxylation is 3. The van der Waals surface area contributed by atoms with Gasteiger partial charge < -0.3 is 28.4 Å². The van der Waals surface area contributed by atoms with Gasteiger partial charge in [-0.05, 0) is 200 Å². The predicted octanol–water partition coefficient (Wildman–Crippen LogP) is 24.2. The smallest absolute Gasteiger partial charge is 0.186 e. The molecule has 0 atom stereocenters. The number of Topliss-reactive ketones (excluding diaryl/α,β-unsaturated/α-hetero) is 1. The summed E-state index contributed by atoms with van der Waals surface area (Å²) in [6, 6.07) is 94.7. The van der Waals surface area contributed by atoms with E-state index in [1.54, 1.807) is 30.6 Å². The summed E-state index contributed by atoms with van der Waals surface area (Å²) in [4.78, 5) is 63.9. The Morgan fingerprint density at radius 3 is 0.866 bits per heavy atom. The first-order valence-corrected chi connectivity index (χ1v) is 45.2. The van der Waals surface area contributed by atoms with Gasteiger partial charge >= 0.3 is 203 Å². The van der Waals surface area contributed by atoms with Crippen molar-refractivity contribution >= 4 is 111 Å². The van der Waals surface area contributed by atoms with Crippen molar-refractivity contribution < 1.29 is 101 Å². The number of ketones is 1. The molecule has 0 aliphatic heterocycles. The molecule has 0 bridgehead atoms. The predicted molar refractivity (Wildman–Crippen MR) is 485 cm³/mol. The Hall–Kier alpha value is -12.1. The van der Waals surface area contributed by atoms with E-state index < -0.39 is 41.8 Å². The molecule has 13 nitrogen and oxygen atoms in total. The van der Waals surface area contributed by atoms with Gasteiger partial charge in [-0.25, -0.2) is 0 Å². The summed E-state index contributed by atoms with van der Waals surface area (Å²) in [5.41, 5.74) is 5.67. The Morgan fingerprint density at radius 2 is 0.614 bits per heavy atom. The average Bonchev–Trinajstić information content (AvgIpc) is 0.683. The normalized spacial score (nSPS) is 11.4. The van der Waals surface area contributed by atoms with Crippen molar-refractivity contribution in [3.8, 4) is 34.5 Å².